The molecule has 0 atom stereocenters. The van der Waals surface area contributed by atoms with E-state index in [1.807, 2.05) is 10.7 Å². The van der Waals surface area contributed by atoms with Gasteiger partial charge in [0.1, 0.15) is 5.82 Å². The van der Waals surface area contributed by atoms with Gasteiger partial charge in [-0.1, -0.05) is 51.1 Å². The van der Waals surface area contributed by atoms with Crippen molar-refractivity contribution in [1.29, 1.82) is 0 Å². The van der Waals surface area contributed by atoms with Crippen LogP contribution in [0.4, 0.5) is 5.95 Å². The Labute approximate surface area is 127 Å². The first kappa shape index (κ1) is 15.5. The largest absolute Gasteiger partial charge is 0.340 e. The molecule has 0 saturated carbocycles. The van der Waals surface area contributed by atoms with Crippen molar-refractivity contribution in [1.82, 2.24) is 14.8 Å². The maximum atomic E-state index is 4.80. The lowest BCUT2D eigenvalue weighted by molar-refractivity contribution is 0.490. The molecule has 0 saturated heterocycles. The van der Waals surface area contributed by atoms with Crippen LogP contribution in [0.3, 0.4) is 0 Å². The van der Waals surface area contributed by atoms with E-state index in [0.717, 1.165) is 31.4 Å². The lowest BCUT2D eigenvalue weighted by Gasteiger charge is -2.18. The zero-order valence-corrected chi connectivity index (χ0v) is 13.8. The highest BCUT2D eigenvalue weighted by Gasteiger charge is 2.24. The summed E-state index contributed by atoms with van der Waals surface area (Å²) >= 11 is 0. The number of anilines is 1. The van der Waals surface area contributed by atoms with Gasteiger partial charge in [-0.25, -0.2) is 4.68 Å². The van der Waals surface area contributed by atoms with Crippen LogP contribution in [-0.2, 0) is 12.0 Å². The first-order valence-electron chi connectivity index (χ1n) is 7.70. The number of nitrogens with zero attached hydrogens (tertiary/aromatic N) is 4. The van der Waals surface area contributed by atoms with E-state index in [1.165, 1.54) is 5.56 Å². The Balaban J connectivity index is 2.38. The third-order valence-corrected chi connectivity index (χ3v) is 3.55. The quantitative estimate of drug-likeness (QED) is 0.844. The Kier molecular flexibility index (Phi) is 4.66. The SMILES string of the molecule is CCN(CC)c1nc(C(C)(C)C)n(Cc2ccccc2)n1. The summed E-state index contributed by atoms with van der Waals surface area (Å²) < 4.78 is 2.04. The molecule has 21 heavy (non-hydrogen) atoms. The summed E-state index contributed by atoms with van der Waals surface area (Å²) in [6, 6.07) is 10.4. The van der Waals surface area contributed by atoms with E-state index in [2.05, 4.69) is 63.8 Å². The highest BCUT2D eigenvalue weighted by atomic mass is 15.4. The second-order valence-electron chi connectivity index (χ2n) is 6.30. The van der Waals surface area contributed by atoms with Gasteiger partial charge >= 0.3 is 0 Å². The zero-order valence-electron chi connectivity index (χ0n) is 13.8. The van der Waals surface area contributed by atoms with Gasteiger partial charge in [-0.3, -0.25) is 0 Å². The van der Waals surface area contributed by atoms with E-state index in [1.54, 1.807) is 0 Å². The summed E-state index contributed by atoms with van der Waals surface area (Å²) in [5.74, 6) is 1.87. The number of hydrogen-bond acceptors (Lipinski definition) is 3. The fourth-order valence-corrected chi connectivity index (χ4v) is 2.39. The molecular formula is C17H26N4. The molecule has 0 aliphatic carbocycles. The van der Waals surface area contributed by atoms with Crippen molar-refractivity contribution in [3.8, 4) is 0 Å². The Morgan fingerprint density at radius 2 is 1.67 bits per heavy atom. The molecule has 0 fully saturated rings. The highest BCUT2D eigenvalue weighted by Crippen LogP contribution is 2.23. The Morgan fingerprint density at radius 1 is 1.05 bits per heavy atom. The van der Waals surface area contributed by atoms with Gasteiger partial charge in [0, 0.05) is 18.5 Å². The smallest absolute Gasteiger partial charge is 0.244 e. The van der Waals surface area contributed by atoms with Crippen LogP contribution in [0.15, 0.2) is 30.3 Å². The fraction of sp³-hybridized carbons (Fsp3) is 0.529. The van der Waals surface area contributed by atoms with Crippen LogP contribution in [-0.4, -0.2) is 27.9 Å². The maximum absolute atomic E-state index is 4.80. The van der Waals surface area contributed by atoms with Crippen LogP contribution in [0.1, 0.15) is 46.0 Å². The third kappa shape index (κ3) is 3.63. The Hall–Kier alpha value is -1.84. The van der Waals surface area contributed by atoms with Crippen LogP contribution in [0, 0.1) is 0 Å². The van der Waals surface area contributed by atoms with Crippen molar-refractivity contribution in [2.45, 2.75) is 46.6 Å². The summed E-state index contributed by atoms with van der Waals surface area (Å²) in [6.45, 7) is 13.4. The van der Waals surface area contributed by atoms with Crippen LogP contribution >= 0.6 is 0 Å². The summed E-state index contributed by atoms with van der Waals surface area (Å²) in [7, 11) is 0. The van der Waals surface area contributed by atoms with Crippen molar-refractivity contribution in [2.75, 3.05) is 18.0 Å². The average Bonchev–Trinajstić information content (AvgIpc) is 2.85. The normalized spacial score (nSPS) is 11.7. The van der Waals surface area contributed by atoms with Gasteiger partial charge in [0.25, 0.3) is 0 Å². The molecular weight excluding hydrogens is 260 g/mol. The monoisotopic (exact) mass is 286 g/mol. The van der Waals surface area contributed by atoms with Crippen molar-refractivity contribution in [2.24, 2.45) is 0 Å². The maximum Gasteiger partial charge on any atom is 0.244 e. The number of rotatable bonds is 5. The van der Waals surface area contributed by atoms with Crippen molar-refractivity contribution in [3.05, 3.63) is 41.7 Å². The van der Waals surface area contributed by atoms with E-state index in [4.69, 9.17) is 10.1 Å². The third-order valence-electron chi connectivity index (χ3n) is 3.55. The molecule has 0 spiro atoms. The molecule has 2 rings (SSSR count). The average molecular weight is 286 g/mol. The van der Waals surface area contributed by atoms with Crippen molar-refractivity contribution < 1.29 is 0 Å². The van der Waals surface area contributed by atoms with Crippen LogP contribution in [0.5, 0.6) is 0 Å². The van der Waals surface area contributed by atoms with E-state index in [-0.39, 0.29) is 5.41 Å². The van der Waals surface area contributed by atoms with Gasteiger partial charge in [-0.2, -0.15) is 4.98 Å². The van der Waals surface area contributed by atoms with Gasteiger partial charge < -0.3 is 4.90 Å². The van der Waals surface area contributed by atoms with Crippen molar-refractivity contribution >= 4 is 5.95 Å². The van der Waals surface area contributed by atoms with E-state index >= 15 is 0 Å². The van der Waals surface area contributed by atoms with E-state index in [0.29, 0.717) is 0 Å². The van der Waals surface area contributed by atoms with Crippen LogP contribution < -0.4 is 4.90 Å². The van der Waals surface area contributed by atoms with Gasteiger partial charge in [0.15, 0.2) is 0 Å². The molecule has 1 aromatic carbocycles. The summed E-state index contributed by atoms with van der Waals surface area (Å²) in [5.41, 5.74) is 1.23. The predicted octanol–water partition coefficient (Wildman–Crippen LogP) is 3.47. The minimum absolute atomic E-state index is 0.0207. The molecule has 1 heterocycles. The molecule has 0 aliphatic heterocycles. The first-order valence-corrected chi connectivity index (χ1v) is 7.70. The van der Waals surface area contributed by atoms with Crippen LogP contribution in [0.25, 0.3) is 0 Å². The number of benzene rings is 1. The molecule has 0 amide bonds. The molecule has 4 nitrogen and oxygen atoms in total. The first-order chi connectivity index (χ1) is 9.95. The molecule has 0 bridgehead atoms. The summed E-state index contributed by atoms with van der Waals surface area (Å²) in [4.78, 5) is 6.99. The minimum Gasteiger partial charge on any atom is -0.340 e. The second kappa shape index (κ2) is 6.29. The van der Waals surface area contributed by atoms with Gasteiger partial charge in [-0.15, -0.1) is 5.10 Å². The molecule has 0 aliphatic rings. The minimum atomic E-state index is -0.0207. The lowest BCUT2D eigenvalue weighted by Crippen LogP contribution is -2.23. The Bertz CT molecular complexity index is 562. The predicted molar refractivity (Wildman–Crippen MR) is 87.8 cm³/mol. The molecule has 1 aromatic heterocycles. The molecule has 0 radical (unpaired) electrons. The summed E-state index contributed by atoms with van der Waals surface area (Å²) in [6.07, 6.45) is 0. The number of hydrogen-bond donors (Lipinski definition) is 0. The standard InChI is InChI=1S/C17H26N4/c1-6-20(7-2)16-18-15(17(3,4)5)21(19-16)13-14-11-9-8-10-12-14/h8-12H,6-7,13H2,1-5H3. The molecule has 0 N–H and O–H groups in total. The second-order valence-corrected chi connectivity index (χ2v) is 6.30. The molecule has 2 aromatic rings. The molecule has 114 valence electrons. The van der Waals surface area contributed by atoms with Gasteiger partial charge in [0.2, 0.25) is 5.95 Å². The Morgan fingerprint density at radius 3 is 2.19 bits per heavy atom. The number of aromatic nitrogens is 3. The zero-order chi connectivity index (χ0) is 15.5. The van der Waals surface area contributed by atoms with E-state index < -0.39 is 0 Å². The topological polar surface area (TPSA) is 34.0 Å². The summed E-state index contributed by atoms with van der Waals surface area (Å²) in [5, 5.41) is 4.75. The lowest BCUT2D eigenvalue weighted by atomic mass is 9.95. The van der Waals surface area contributed by atoms with Gasteiger partial charge in [-0.05, 0) is 19.4 Å². The van der Waals surface area contributed by atoms with Crippen LogP contribution in [0.2, 0.25) is 0 Å². The van der Waals surface area contributed by atoms with E-state index in [9.17, 15) is 0 Å². The van der Waals surface area contributed by atoms with Gasteiger partial charge in [0.05, 0.1) is 6.54 Å². The highest BCUT2D eigenvalue weighted by molar-refractivity contribution is 5.30. The molecule has 0 unspecified atom stereocenters. The van der Waals surface area contributed by atoms with Crippen molar-refractivity contribution in [3.63, 3.8) is 0 Å². The fourth-order valence-electron chi connectivity index (χ4n) is 2.39. The molecule has 4 heteroatoms.